The summed E-state index contributed by atoms with van der Waals surface area (Å²) in [5, 5.41) is 18.0. The number of hydrogen-bond donors (Lipinski definition) is 3. The molecule has 0 aromatic carbocycles. The number of carbonyl (C=O) groups excluding carboxylic acids is 2. The van der Waals surface area contributed by atoms with Crippen molar-refractivity contribution in [1.82, 2.24) is 24.7 Å². The third-order valence-electron chi connectivity index (χ3n) is 7.98. The van der Waals surface area contributed by atoms with Gasteiger partial charge in [-0.15, -0.1) is 11.3 Å². The van der Waals surface area contributed by atoms with Crippen LogP contribution in [-0.2, 0) is 26.2 Å². The molecule has 2 atom stereocenters. The summed E-state index contributed by atoms with van der Waals surface area (Å²) in [6, 6.07) is 2.51. The predicted molar refractivity (Wildman–Crippen MR) is 144 cm³/mol. The lowest BCUT2D eigenvalue weighted by atomic mass is 9.86. The van der Waals surface area contributed by atoms with Gasteiger partial charge in [0.25, 0.3) is 0 Å². The smallest absolute Gasteiger partial charge is 0.407 e. The molecule has 13 heteroatoms. The molecule has 3 amide bonds. The highest BCUT2D eigenvalue weighted by molar-refractivity contribution is 7.88. The van der Waals surface area contributed by atoms with Gasteiger partial charge in [-0.2, -0.15) is 0 Å². The Hall–Kier alpha value is -2.22. The zero-order valence-corrected chi connectivity index (χ0v) is 23.5. The molecule has 1 aliphatic carbocycles. The summed E-state index contributed by atoms with van der Waals surface area (Å²) in [5.41, 5.74) is 0. The van der Waals surface area contributed by atoms with Crippen LogP contribution in [0.4, 0.5) is 4.79 Å². The number of rotatable bonds is 8. The van der Waals surface area contributed by atoms with Gasteiger partial charge in [0, 0.05) is 37.1 Å². The minimum Gasteiger partial charge on any atom is -0.465 e. The Balaban J connectivity index is 1.52. The maximum atomic E-state index is 14.2. The second-order valence-corrected chi connectivity index (χ2v) is 13.6. The maximum absolute atomic E-state index is 14.2. The molecule has 1 aromatic heterocycles. The number of piperidine rings is 1. The summed E-state index contributed by atoms with van der Waals surface area (Å²) >= 11 is 1.51. The third-order valence-corrected chi connectivity index (χ3v) is 10.2. The van der Waals surface area contributed by atoms with E-state index < -0.39 is 28.2 Å². The van der Waals surface area contributed by atoms with Crippen LogP contribution in [0.5, 0.6) is 0 Å². The second kappa shape index (κ2) is 12.8. The molecule has 1 saturated carbocycles. The number of nitrogens with one attached hydrogen (secondary N) is 2. The van der Waals surface area contributed by atoms with Gasteiger partial charge in [-0.1, -0.05) is 25.3 Å². The molecule has 3 heterocycles. The minimum atomic E-state index is -3.30. The first-order valence-corrected chi connectivity index (χ1v) is 16.2. The molecule has 0 bridgehead atoms. The molecule has 3 fully saturated rings. The van der Waals surface area contributed by atoms with Crippen LogP contribution in [0.2, 0.25) is 0 Å². The monoisotopic (exact) mass is 569 g/mol. The number of sulfonamides is 1. The summed E-state index contributed by atoms with van der Waals surface area (Å²) in [6.45, 7) is 1.22. The van der Waals surface area contributed by atoms with Gasteiger partial charge in [0.2, 0.25) is 21.8 Å². The van der Waals surface area contributed by atoms with E-state index in [0.29, 0.717) is 32.5 Å². The Morgan fingerprint density at radius 3 is 2.39 bits per heavy atom. The molecule has 0 spiro atoms. The number of piperazine rings is 1. The molecule has 3 aliphatic rings. The van der Waals surface area contributed by atoms with Crippen LogP contribution in [0.15, 0.2) is 17.5 Å². The summed E-state index contributed by atoms with van der Waals surface area (Å²) in [7, 11) is -3.30. The van der Waals surface area contributed by atoms with Crippen LogP contribution in [0, 0.1) is 5.92 Å². The highest BCUT2D eigenvalue weighted by Crippen LogP contribution is 2.27. The van der Waals surface area contributed by atoms with Crippen molar-refractivity contribution in [2.45, 2.75) is 69.6 Å². The molecule has 1 aromatic rings. The summed E-state index contributed by atoms with van der Waals surface area (Å²) in [4.78, 5) is 42.9. The van der Waals surface area contributed by atoms with E-state index in [0.717, 1.165) is 30.6 Å². The van der Waals surface area contributed by atoms with Crippen molar-refractivity contribution >= 4 is 39.3 Å². The Kier molecular flexibility index (Phi) is 9.66. The standard InChI is InChI=1S/C25H39N5O6S2/c1-38(35,36)29-11-9-18(10-12-29)22(27-19-6-3-2-4-7-19)24(32)30-14-13-28(25(33)34)17-21(30)23(31)26-16-20-8-5-15-37-20/h5,8,15,18-19,21-22,27H,2-4,6-7,9-14,16-17H2,1H3,(H,26,31)(H,33,34)/t21-,22?/m0/s1. The number of nitrogens with zero attached hydrogens (tertiary/aromatic N) is 3. The predicted octanol–water partition coefficient (Wildman–Crippen LogP) is 1.52. The number of amides is 3. The molecule has 1 unspecified atom stereocenters. The molecule has 38 heavy (non-hydrogen) atoms. The van der Waals surface area contributed by atoms with Gasteiger partial charge in [-0.3, -0.25) is 9.59 Å². The highest BCUT2D eigenvalue weighted by atomic mass is 32.2. The van der Waals surface area contributed by atoms with E-state index in [9.17, 15) is 27.9 Å². The summed E-state index contributed by atoms with van der Waals surface area (Å²) in [5.74, 6) is -0.648. The van der Waals surface area contributed by atoms with Crippen molar-refractivity contribution < 1.29 is 27.9 Å². The van der Waals surface area contributed by atoms with Crippen LogP contribution in [-0.4, -0.2) is 103 Å². The van der Waals surface area contributed by atoms with Crippen molar-refractivity contribution in [2.24, 2.45) is 5.92 Å². The first-order valence-electron chi connectivity index (χ1n) is 13.4. The molecule has 0 radical (unpaired) electrons. The van der Waals surface area contributed by atoms with E-state index in [2.05, 4.69) is 10.6 Å². The normalized spacial score (nSPS) is 23.2. The lowest BCUT2D eigenvalue weighted by Crippen LogP contribution is -2.65. The number of carbonyl (C=O) groups is 3. The van der Waals surface area contributed by atoms with E-state index in [4.69, 9.17) is 0 Å². The summed E-state index contributed by atoms with van der Waals surface area (Å²) in [6.07, 6.45) is 6.50. The van der Waals surface area contributed by atoms with Crippen LogP contribution >= 0.6 is 11.3 Å². The van der Waals surface area contributed by atoms with Crippen molar-refractivity contribution in [3.63, 3.8) is 0 Å². The third kappa shape index (κ3) is 7.25. The van der Waals surface area contributed by atoms with Crippen LogP contribution in [0.25, 0.3) is 0 Å². The van der Waals surface area contributed by atoms with E-state index in [1.165, 1.54) is 33.2 Å². The molecule has 212 valence electrons. The molecule has 11 nitrogen and oxygen atoms in total. The zero-order valence-electron chi connectivity index (χ0n) is 21.9. The van der Waals surface area contributed by atoms with Crippen molar-refractivity contribution in [2.75, 3.05) is 39.0 Å². The van der Waals surface area contributed by atoms with Gasteiger partial charge < -0.3 is 25.5 Å². The Morgan fingerprint density at radius 2 is 1.79 bits per heavy atom. The largest absolute Gasteiger partial charge is 0.465 e. The topological polar surface area (TPSA) is 139 Å². The first kappa shape index (κ1) is 28.8. The first-order chi connectivity index (χ1) is 18.1. The quantitative estimate of drug-likeness (QED) is 0.431. The van der Waals surface area contributed by atoms with E-state index >= 15 is 0 Å². The molecule has 2 aliphatic heterocycles. The van der Waals surface area contributed by atoms with Crippen molar-refractivity contribution in [3.05, 3.63) is 22.4 Å². The fourth-order valence-electron chi connectivity index (χ4n) is 5.80. The fraction of sp³-hybridized carbons (Fsp3) is 0.720. The van der Waals surface area contributed by atoms with E-state index in [1.54, 1.807) is 4.90 Å². The maximum Gasteiger partial charge on any atom is 0.407 e. The second-order valence-electron chi connectivity index (χ2n) is 10.6. The minimum absolute atomic E-state index is 0.0743. The van der Waals surface area contributed by atoms with E-state index in [1.807, 2.05) is 17.5 Å². The fourth-order valence-corrected chi connectivity index (χ4v) is 7.32. The molecule has 4 rings (SSSR count). The summed E-state index contributed by atoms with van der Waals surface area (Å²) < 4.78 is 25.6. The Bertz CT molecular complexity index is 1070. The van der Waals surface area contributed by atoms with Gasteiger partial charge in [0.05, 0.1) is 25.4 Å². The number of carboxylic acid groups (broad SMARTS) is 1. The SMILES string of the molecule is CS(=O)(=O)N1CCC(C(NC2CCCCC2)C(=O)N2CCN(C(=O)O)C[C@H]2C(=O)NCc2cccs2)CC1. The molecule has 2 saturated heterocycles. The highest BCUT2D eigenvalue weighted by Gasteiger charge is 2.43. The molecular formula is C25H39N5O6S2. The van der Waals surface area contributed by atoms with Gasteiger partial charge >= 0.3 is 6.09 Å². The Labute approximate surface area is 228 Å². The molecular weight excluding hydrogens is 530 g/mol. The Morgan fingerprint density at radius 1 is 1.08 bits per heavy atom. The van der Waals surface area contributed by atoms with Gasteiger partial charge in [0.15, 0.2) is 0 Å². The number of hydrogen-bond acceptors (Lipinski definition) is 7. The molecule has 3 N–H and O–H groups in total. The number of thiophene rings is 1. The van der Waals surface area contributed by atoms with E-state index in [-0.39, 0.29) is 43.4 Å². The zero-order chi connectivity index (χ0) is 27.3. The van der Waals surface area contributed by atoms with Crippen molar-refractivity contribution in [1.29, 1.82) is 0 Å². The van der Waals surface area contributed by atoms with Gasteiger partial charge in [-0.05, 0) is 43.0 Å². The van der Waals surface area contributed by atoms with Crippen molar-refractivity contribution in [3.8, 4) is 0 Å². The van der Waals surface area contributed by atoms with Crippen LogP contribution in [0.1, 0.15) is 49.8 Å². The van der Waals surface area contributed by atoms with Crippen LogP contribution in [0.3, 0.4) is 0 Å². The van der Waals surface area contributed by atoms with Crippen LogP contribution < -0.4 is 10.6 Å². The lowest BCUT2D eigenvalue weighted by Gasteiger charge is -2.44. The average Bonchev–Trinajstić information content (AvgIpc) is 3.43. The lowest BCUT2D eigenvalue weighted by molar-refractivity contribution is -0.146. The average molecular weight is 570 g/mol. The van der Waals surface area contributed by atoms with Gasteiger partial charge in [0.1, 0.15) is 6.04 Å². The van der Waals surface area contributed by atoms with Gasteiger partial charge in [-0.25, -0.2) is 17.5 Å².